The summed E-state index contributed by atoms with van der Waals surface area (Å²) in [5.74, 6) is 0. The predicted molar refractivity (Wildman–Crippen MR) is 84.3 cm³/mol. The average Bonchev–Trinajstić information content (AvgIpc) is 2.47. The highest BCUT2D eigenvalue weighted by Gasteiger charge is 2.28. The van der Waals surface area contributed by atoms with Gasteiger partial charge in [-0.2, -0.15) is 0 Å². The molecule has 0 radical (unpaired) electrons. The molecule has 0 aromatic heterocycles. The van der Waals surface area contributed by atoms with Crippen molar-refractivity contribution in [3.8, 4) is 0 Å². The first-order valence-corrected chi connectivity index (χ1v) is 7.95. The number of nitrogens with one attached hydrogen (secondary N) is 1. The molecular weight excluding hydrogens is 272 g/mol. The van der Waals surface area contributed by atoms with Crippen molar-refractivity contribution >= 4 is 11.6 Å². The monoisotopic (exact) mass is 296 g/mol. The molecule has 4 heteroatoms. The van der Waals surface area contributed by atoms with Gasteiger partial charge >= 0.3 is 0 Å². The van der Waals surface area contributed by atoms with Crippen molar-refractivity contribution in [1.29, 1.82) is 0 Å². The van der Waals surface area contributed by atoms with Gasteiger partial charge in [0, 0.05) is 18.1 Å². The molecule has 1 N–H and O–H groups in total. The van der Waals surface area contributed by atoms with E-state index in [4.69, 9.17) is 16.3 Å². The van der Waals surface area contributed by atoms with Crippen LogP contribution in [0.5, 0.6) is 0 Å². The summed E-state index contributed by atoms with van der Waals surface area (Å²) < 4.78 is 6.02. The molecule has 112 valence electrons. The van der Waals surface area contributed by atoms with Crippen LogP contribution >= 0.6 is 11.6 Å². The van der Waals surface area contributed by atoms with Gasteiger partial charge in [0.1, 0.15) is 0 Å². The van der Waals surface area contributed by atoms with Crippen LogP contribution in [0.15, 0.2) is 24.3 Å². The average molecular weight is 297 g/mol. The summed E-state index contributed by atoms with van der Waals surface area (Å²) in [6.45, 7) is 9.30. The van der Waals surface area contributed by atoms with Crippen molar-refractivity contribution in [2.24, 2.45) is 0 Å². The van der Waals surface area contributed by atoms with Crippen molar-refractivity contribution in [3.63, 3.8) is 0 Å². The van der Waals surface area contributed by atoms with Crippen LogP contribution in [0, 0.1) is 0 Å². The van der Waals surface area contributed by atoms with Crippen LogP contribution in [0.1, 0.15) is 31.9 Å². The number of hydrogen-bond acceptors (Lipinski definition) is 3. The molecule has 1 aliphatic heterocycles. The number of likely N-dealkylation sites (N-methyl/N-ethyl adjacent to an activating group) is 1. The predicted octanol–water partition coefficient (Wildman–Crippen LogP) is 3.10. The molecule has 20 heavy (non-hydrogen) atoms. The van der Waals surface area contributed by atoms with Crippen LogP contribution in [0.25, 0.3) is 0 Å². The van der Waals surface area contributed by atoms with Crippen LogP contribution in [0.4, 0.5) is 0 Å². The molecule has 2 rings (SSSR count). The third-order valence-electron chi connectivity index (χ3n) is 3.74. The third kappa shape index (κ3) is 4.19. The second kappa shape index (κ2) is 7.99. The van der Waals surface area contributed by atoms with E-state index in [1.54, 1.807) is 0 Å². The molecule has 2 unspecified atom stereocenters. The van der Waals surface area contributed by atoms with E-state index in [1.165, 1.54) is 12.0 Å². The minimum absolute atomic E-state index is 0.205. The number of nitrogens with zero attached hydrogens (tertiary/aromatic N) is 1. The number of benzene rings is 1. The Labute approximate surface area is 127 Å². The number of ether oxygens (including phenoxy) is 1. The molecule has 2 atom stereocenters. The first-order valence-electron chi connectivity index (χ1n) is 7.57. The Morgan fingerprint density at radius 2 is 2.10 bits per heavy atom. The number of hydrogen-bond donors (Lipinski definition) is 1. The summed E-state index contributed by atoms with van der Waals surface area (Å²) in [4.78, 5) is 2.49. The van der Waals surface area contributed by atoms with Crippen molar-refractivity contribution in [2.45, 2.75) is 32.4 Å². The molecule has 1 saturated heterocycles. The molecule has 0 aliphatic carbocycles. The zero-order chi connectivity index (χ0) is 14.4. The lowest BCUT2D eigenvalue weighted by Crippen LogP contribution is -2.48. The molecule has 3 nitrogen and oxygen atoms in total. The molecular formula is C16H25ClN2O. The SMILES string of the molecule is CCCN1CCOC(C(NCC)c2ccc(Cl)cc2)C1. The lowest BCUT2D eigenvalue weighted by molar-refractivity contribution is -0.0468. The molecule has 0 amide bonds. The van der Waals surface area contributed by atoms with E-state index in [0.29, 0.717) is 0 Å². The van der Waals surface area contributed by atoms with Gasteiger partial charge in [0.05, 0.1) is 18.8 Å². The standard InChI is InChI=1S/C16H25ClN2O/c1-3-9-19-10-11-20-15(12-19)16(18-4-2)13-5-7-14(17)8-6-13/h5-8,15-16,18H,3-4,9-12H2,1-2H3. The number of halogens is 1. The Bertz CT molecular complexity index is 394. The highest BCUT2D eigenvalue weighted by Crippen LogP contribution is 2.24. The van der Waals surface area contributed by atoms with E-state index in [9.17, 15) is 0 Å². The maximum Gasteiger partial charge on any atom is 0.0896 e. The van der Waals surface area contributed by atoms with E-state index >= 15 is 0 Å². The van der Waals surface area contributed by atoms with Gasteiger partial charge in [0.2, 0.25) is 0 Å². The molecule has 0 saturated carbocycles. The minimum atomic E-state index is 0.205. The molecule has 0 spiro atoms. The van der Waals surface area contributed by atoms with Gasteiger partial charge in [-0.3, -0.25) is 4.90 Å². The first kappa shape index (κ1) is 15.8. The quantitative estimate of drug-likeness (QED) is 0.873. The largest absolute Gasteiger partial charge is 0.374 e. The number of morpholine rings is 1. The van der Waals surface area contributed by atoms with Crippen molar-refractivity contribution < 1.29 is 4.74 Å². The van der Waals surface area contributed by atoms with Gasteiger partial charge in [-0.1, -0.05) is 37.6 Å². The molecule has 1 aromatic rings. The van der Waals surface area contributed by atoms with E-state index in [1.807, 2.05) is 12.1 Å². The Balaban J connectivity index is 2.09. The molecule has 1 aliphatic rings. The van der Waals surface area contributed by atoms with E-state index in [2.05, 4.69) is 36.2 Å². The fourth-order valence-electron chi connectivity index (χ4n) is 2.81. The van der Waals surface area contributed by atoms with E-state index in [0.717, 1.165) is 37.8 Å². The smallest absolute Gasteiger partial charge is 0.0896 e. The van der Waals surface area contributed by atoms with Crippen molar-refractivity contribution in [1.82, 2.24) is 10.2 Å². The maximum absolute atomic E-state index is 6.02. The minimum Gasteiger partial charge on any atom is -0.374 e. The summed E-state index contributed by atoms with van der Waals surface area (Å²) in [5, 5.41) is 4.33. The van der Waals surface area contributed by atoms with Crippen LogP contribution in [0.2, 0.25) is 5.02 Å². The van der Waals surface area contributed by atoms with Crippen molar-refractivity contribution in [3.05, 3.63) is 34.9 Å². The normalized spacial score (nSPS) is 21.9. The molecule has 1 fully saturated rings. The fraction of sp³-hybridized carbons (Fsp3) is 0.625. The Morgan fingerprint density at radius 3 is 2.75 bits per heavy atom. The Hall–Kier alpha value is -0.610. The zero-order valence-electron chi connectivity index (χ0n) is 12.4. The van der Waals surface area contributed by atoms with E-state index in [-0.39, 0.29) is 12.1 Å². The summed E-state index contributed by atoms with van der Waals surface area (Å²) in [6, 6.07) is 8.33. The summed E-state index contributed by atoms with van der Waals surface area (Å²) in [6.07, 6.45) is 1.40. The van der Waals surface area contributed by atoms with Crippen molar-refractivity contribution in [2.75, 3.05) is 32.8 Å². The van der Waals surface area contributed by atoms with Gasteiger partial charge in [-0.15, -0.1) is 0 Å². The van der Waals surface area contributed by atoms with Crippen LogP contribution < -0.4 is 5.32 Å². The van der Waals surface area contributed by atoms with Crippen LogP contribution in [-0.4, -0.2) is 43.8 Å². The zero-order valence-corrected chi connectivity index (χ0v) is 13.2. The highest BCUT2D eigenvalue weighted by molar-refractivity contribution is 6.30. The first-order chi connectivity index (χ1) is 9.74. The highest BCUT2D eigenvalue weighted by atomic mass is 35.5. The molecule has 1 aromatic carbocycles. The van der Waals surface area contributed by atoms with Crippen LogP contribution in [0.3, 0.4) is 0 Å². The second-order valence-corrected chi connectivity index (χ2v) is 5.73. The van der Waals surface area contributed by atoms with E-state index < -0.39 is 0 Å². The molecule has 0 bridgehead atoms. The van der Waals surface area contributed by atoms with Crippen LogP contribution in [-0.2, 0) is 4.74 Å². The molecule has 1 heterocycles. The topological polar surface area (TPSA) is 24.5 Å². The maximum atomic E-state index is 6.02. The van der Waals surface area contributed by atoms with Gasteiger partial charge in [-0.25, -0.2) is 0 Å². The summed E-state index contributed by atoms with van der Waals surface area (Å²) in [5.41, 5.74) is 1.25. The summed E-state index contributed by atoms with van der Waals surface area (Å²) in [7, 11) is 0. The second-order valence-electron chi connectivity index (χ2n) is 5.30. The lowest BCUT2D eigenvalue weighted by atomic mass is 10.00. The third-order valence-corrected chi connectivity index (χ3v) is 3.99. The van der Waals surface area contributed by atoms with Gasteiger partial charge < -0.3 is 10.1 Å². The van der Waals surface area contributed by atoms with Gasteiger partial charge in [0.15, 0.2) is 0 Å². The Morgan fingerprint density at radius 1 is 1.35 bits per heavy atom. The van der Waals surface area contributed by atoms with Gasteiger partial charge in [-0.05, 0) is 37.2 Å². The number of rotatable bonds is 6. The summed E-state index contributed by atoms with van der Waals surface area (Å²) >= 11 is 5.98. The van der Waals surface area contributed by atoms with Gasteiger partial charge in [0.25, 0.3) is 0 Å². The fourth-order valence-corrected chi connectivity index (χ4v) is 2.93. The Kier molecular flexibility index (Phi) is 6.30. The lowest BCUT2D eigenvalue weighted by Gasteiger charge is -2.37.